The van der Waals surface area contributed by atoms with Crippen LogP contribution in [0.25, 0.3) is 0 Å². The lowest BCUT2D eigenvalue weighted by atomic mass is 9.69. The van der Waals surface area contributed by atoms with E-state index in [9.17, 15) is 4.79 Å². The van der Waals surface area contributed by atoms with Crippen molar-refractivity contribution in [1.82, 2.24) is 0 Å². The lowest BCUT2D eigenvalue weighted by molar-refractivity contribution is -0.141. The van der Waals surface area contributed by atoms with Crippen LogP contribution in [0.2, 0.25) is 0 Å². The molecule has 0 radical (unpaired) electrons. The summed E-state index contributed by atoms with van der Waals surface area (Å²) >= 11 is 0. The first-order valence-electron chi connectivity index (χ1n) is 4.26. The van der Waals surface area contributed by atoms with Crippen LogP contribution >= 0.6 is 0 Å². The van der Waals surface area contributed by atoms with Gasteiger partial charge in [-0.3, -0.25) is 4.79 Å². The molecule has 2 fully saturated rings. The molecule has 4 heteroatoms. The third-order valence-electron chi connectivity index (χ3n) is 3.51. The van der Waals surface area contributed by atoms with E-state index < -0.39 is 11.5 Å². The second-order valence-electron chi connectivity index (χ2n) is 4.24. The van der Waals surface area contributed by atoms with Crippen molar-refractivity contribution in [3.05, 3.63) is 0 Å². The third kappa shape index (κ3) is 0.716. The van der Waals surface area contributed by atoms with Crippen molar-refractivity contribution in [1.29, 1.82) is 0 Å². The summed E-state index contributed by atoms with van der Waals surface area (Å²) in [7, 11) is 0. The minimum Gasteiger partial charge on any atom is -0.480 e. The van der Waals surface area contributed by atoms with E-state index >= 15 is 0 Å². The van der Waals surface area contributed by atoms with Gasteiger partial charge in [-0.2, -0.15) is 0 Å². The van der Waals surface area contributed by atoms with Gasteiger partial charge in [0.05, 0.1) is 0 Å². The van der Waals surface area contributed by atoms with Crippen molar-refractivity contribution >= 4 is 5.97 Å². The molecule has 68 valence electrons. The monoisotopic (exact) mass is 170 g/mol. The Hall–Kier alpha value is -0.610. The van der Waals surface area contributed by atoms with Crippen molar-refractivity contribution in [2.75, 3.05) is 6.54 Å². The SMILES string of the molecule is NCC1CC2(C1)CC2(N)C(=O)O. The number of aliphatic carboxylic acids is 1. The summed E-state index contributed by atoms with van der Waals surface area (Å²) < 4.78 is 0. The van der Waals surface area contributed by atoms with Gasteiger partial charge in [0.2, 0.25) is 0 Å². The fourth-order valence-electron chi connectivity index (χ4n) is 2.51. The Kier molecular flexibility index (Phi) is 1.34. The van der Waals surface area contributed by atoms with E-state index in [-0.39, 0.29) is 5.41 Å². The topological polar surface area (TPSA) is 89.3 Å². The summed E-state index contributed by atoms with van der Waals surface area (Å²) in [5, 5.41) is 8.82. The Labute approximate surface area is 70.9 Å². The van der Waals surface area contributed by atoms with Crippen molar-refractivity contribution in [2.24, 2.45) is 22.8 Å². The number of nitrogens with two attached hydrogens (primary N) is 2. The van der Waals surface area contributed by atoms with Crippen LogP contribution < -0.4 is 11.5 Å². The smallest absolute Gasteiger partial charge is 0.324 e. The highest BCUT2D eigenvalue weighted by Crippen LogP contribution is 2.68. The second kappa shape index (κ2) is 2.00. The van der Waals surface area contributed by atoms with Gasteiger partial charge in [0.15, 0.2) is 0 Å². The van der Waals surface area contributed by atoms with Gasteiger partial charge in [-0.25, -0.2) is 0 Å². The van der Waals surface area contributed by atoms with Crippen LogP contribution in [0.4, 0.5) is 0 Å². The van der Waals surface area contributed by atoms with Crippen molar-refractivity contribution in [3.63, 3.8) is 0 Å². The zero-order valence-corrected chi connectivity index (χ0v) is 6.92. The van der Waals surface area contributed by atoms with Crippen LogP contribution in [0.5, 0.6) is 0 Å². The molecule has 12 heavy (non-hydrogen) atoms. The molecule has 0 aromatic carbocycles. The molecule has 0 amide bonds. The molecule has 0 bridgehead atoms. The molecule has 0 aromatic rings. The van der Waals surface area contributed by atoms with Crippen LogP contribution in [0.3, 0.4) is 0 Å². The number of rotatable bonds is 2. The maximum Gasteiger partial charge on any atom is 0.324 e. The Balaban J connectivity index is 2.00. The molecule has 4 nitrogen and oxygen atoms in total. The standard InChI is InChI=1S/C8H14N2O2/c9-3-5-1-7(2-5)4-8(7,10)6(11)12/h5H,1-4,9-10H2,(H,11,12). The Morgan fingerprint density at radius 3 is 2.50 bits per heavy atom. The molecular formula is C8H14N2O2. The minimum atomic E-state index is -0.918. The highest BCUT2D eigenvalue weighted by molar-refractivity contribution is 5.84. The first-order valence-corrected chi connectivity index (χ1v) is 4.26. The number of carboxylic acids is 1. The fourth-order valence-corrected chi connectivity index (χ4v) is 2.51. The van der Waals surface area contributed by atoms with E-state index in [4.69, 9.17) is 16.6 Å². The molecule has 0 heterocycles. The molecule has 0 aromatic heterocycles. The molecule has 1 unspecified atom stereocenters. The van der Waals surface area contributed by atoms with Gasteiger partial charge in [0.25, 0.3) is 0 Å². The quantitative estimate of drug-likeness (QED) is 0.522. The lowest BCUT2D eigenvalue weighted by Crippen LogP contribution is -2.46. The molecule has 2 saturated carbocycles. The van der Waals surface area contributed by atoms with E-state index in [0.717, 1.165) is 12.8 Å². The van der Waals surface area contributed by atoms with E-state index in [1.54, 1.807) is 0 Å². The number of hydrogen-bond donors (Lipinski definition) is 3. The fraction of sp³-hybridized carbons (Fsp3) is 0.875. The van der Waals surface area contributed by atoms with Gasteiger partial charge < -0.3 is 16.6 Å². The highest BCUT2D eigenvalue weighted by Gasteiger charge is 2.74. The zero-order valence-electron chi connectivity index (χ0n) is 6.92. The Morgan fingerprint density at radius 2 is 2.17 bits per heavy atom. The predicted octanol–water partition coefficient (Wildman–Crippen LogP) is -0.473. The average molecular weight is 170 g/mol. The van der Waals surface area contributed by atoms with E-state index in [2.05, 4.69) is 0 Å². The molecule has 2 aliphatic rings. The highest BCUT2D eigenvalue weighted by atomic mass is 16.4. The summed E-state index contributed by atoms with van der Waals surface area (Å²) in [5.74, 6) is -0.340. The van der Waals surface area contributed by atoms with Crippen LogP contribution in [0.15, 0.2) is 0 Å². The molecular weight excluding hydrogens is 156 g/mol. The first-order chi connectivity index (χ1) is 5.54. The van der Waals surface area contributed by atoms with Gasteiger partial charge in [0, 0.05) is 5.41 Å². The van der Waals surface area contributed by atoms with Crippen LogP contribution in [0, 0.1) is 11.3 Å². The molecule has 0 saturated heterocycles. The average Bonchev–Trinajstić information content (AvgIpc) is 2.55. The maximum atomic E-state index is 10.7. The van der Waals surface area contributed by atoms with Crippen LogP contribution in [-0.4, -0.2) is 23.2 Å². The summed E-state index contributed by atoms with van der Waals surface area (Å²) in [5.41, 5.74) is 10.2. The molecule has 1 atom stereocenters. The van der Waals surface area contributed by atoms with Crippen LogP contribution in [0.1, 0.15) is 19.3 Å². The van der Waals surface area contributed by atoms with Gasteiger partial charge in [-0.05, 0) is 31.7 Å². The van der Waals surface area contributed by atoms with Crippen molar-refractivity contribution < 1.29 is 9.90 Å². The Bertz CT molecular complexity index is 235. The number of carboxylic acid groups (broad SMARTS) is 1. The largest absolute Gasteiger partial charge is 0.480 e. The minimum absolute atomic E-state index is 0.0805. The second-order valence-corrected chi connectivity index (χ2v) is 4.24. The molecule has 2 rings (SSSR count). The number of carbonyl (C=O) groups is 1. The van der Waals surface area contributed by atoms with Crippen LogP contribution in [-0.2, 0) is 4.79 Å². The van der Waals surface area contributed by atoms with Gasteiger partial charge >= 0.3 is 5.97 Å². The van der Waals surface area contributed by atoms with E-state index in [0.29, 0.717) is 18.9 Å². The number of hydrogen-bond acceptors (Lipinski definition) is 3. The van der Waals surface area contributed by atoms with E-state index in [1.165, 1.54) is 0 Å². The lowest BCUT2D eigenvalue weighted by Gasteiger charge is -2.37. The zero-order chi connectivity index (χ0) is 8.98. The van der Waals surface area contributed by atoms with Crippen molar-refractivity contribution in [2.45, 2.75) is 24.8 Å². The Morgan fingerprint density at radius 1 is 1.58 bits per heavy atom. The summed E-state index contributed by atoms with van der Waals surface area (Å²) in [6.07, 6.45) is 2.46. The van der Waals surface area contributed by atoms with Gasteiger partial charge in [-0.15, -0.1) is 0 Å². The molecule has 5 N–H and O–H groups in total. The van der Waals surface area contributed by atoms with E-state index in [1.807, 2.05) is 0 Å². The molecule has 1 spiro atoms. The third-order valence-corrected chi connectivity index (χ3v) is 3.51. The summed E-state index contributed by atoms with van der Waals surface area (Å²) in [4.78, 5) is 10.7. The summed E-state index contributed by atoms with van der Waals surface area (Å²) in [6, 6.07) is 0. The normalized spacial score (nSPS) is 50.3. The predicted molar refractivity (Wildman–Crippen MR) is 43.4 cm³/mol. The molecule has 2 aliphatic carbocycles. The maximum absolute atomic E-state index is 10.7. The first kappa shape index (κ1) is 8.01. The van der Waals surface area contributed by atoms with Gasteiger partial charge in [0.1, 0.15) is 5.54 Å². The van der Waals surface area contributed by atoms with Gasteiger partial charge in [-0.1, -0.05) is 0 Å². The summed E-state index contributed by atoms with van der Waals surface area (Å²) in [6.45, 7) is 0.664. The molecule has 0 aliphatic heterocycles. The van der Waals surface area contributed by atoms with Crippen molar-refractivity contribution in [3.8, 4) is 0 Å².